The summed E-state index contributed by atoms with van der Waals surface area (Å²) in [6.07, 6.45) is 0. The number of thioether (sulfide) groups is 1. The van der Waals surface area contributed by atoms with Gasteiger partial charge in [0.25, 0.3) is 5.91 Å². The van der Waals surface area contributed by atoms with E-state index in [0.29, 0.717) is 5.75 Å². The zero-order chi connectivity index (χ0) is 16.1. The Morgan fingerprint density at radius 3 is 2.87 bits per heavy atom. The number of ether oxygens (including phenoxy) is 1. The van der Waals surface area contributed by atoms with Crippen molar-refractivity contribution in [2.24, 2.45) is 0 Å². The average molecular weight is 344 g/mol. The molecule has 0 spiro atoms. The third-order valence-corrected chi connectivity index (χ3v) is 5.08. The predicted octanol–water partition coefficient (Wildman–Crippen LogP) is 4.43. The van der Waals surface area contributed by atoms with Gasteiger partial charge < -0.3 is 10.1 Å². The lowest BCUT2D eigenvalue weighted by molar-refractivity contribution is -0.118. The van der Waals surface area contributed by atoms with Crippen molar-refractivity contribution in [1.82, 2.24) is 4.98 Å². The average Bonchev–Trinajstić information content (AvgIpc) is 2.96. The van der Waals surface area contributed by atoms with Gasteiger partial charge in [0.15, 0.2) is 10.9 Å². The number of amides is 1. The van der Waals surface area contributed by atoms with E-state index in [1.54, 1.807) is 23.1 Å². The molecule has 0 aliphatic heterocycles. The van der Waals surface area contributed by atoms with Gasteiger partial charge in [0.1, 0.15) is 5.75 Å². The number of para-hydroxylation sites is 1. The van der Waals surface area contributed by atoms with Crippen molar-refractivity contribution >= 4 is 44.9 Å². The van der Waals surface area contributed by atoms with Crippen molar-refractivity contribution in [3.8, 4) is 5.75 Å². The number of benzene rings is 2. The van der Waals surface area contributed by atoms with Gasteiger partial charge in [-0.1, -0.05) is 36.9 Å². The first kappa shape index (κ1) is 15.8. The largest absolute Gasteiger partial charge is 0.484 e. The Labute approximate surface area is 142 Å². The molecule has 0 saturated carbocycles. The van der Waals surface area contributed by atoms with Crippen LogP contribution in [0.1, 0.15) is 6.92 Å². The highest BCUT2D eigenvalue weighted by Gasteiger charge is 2.07. The molecule has 0 saturated heterocycles. The Kier molecular flexibility index (Phi) is 5.15. The molecule has 3 rings (SSSR count). The van der Waals surface area contributed by atoms with Crippen LogP contribution in [-0.4, -0.2) is 23.3 Å². The summed E-state index contributed by atoms with van der Waals surface area (Å²) < 4.78 is 7.56. The molecule has 1 amide bonds. The third-order valence-electron chi connectivity index (χ3n) is 3.03. The van der Waals surface area contributed by atoms with Crippen LogP contribution in [0.25, 0.3) is 10.2 Å². The molecule has 2 aromatic carbocycles. The van der Waals surface area contributed by atoms with E-state index in [4.69, 9.17) is 4.74 Å². The number of nitrogens with zero attached hydrogens (tertiary/aromatic N) is 1. The molecule has 1 aromatic heterocycles. The van der Waals surface area contributed by atoms with E-state index in [-0.39, 0.29) is 12.5 Å². The summed E-state index contributed by atoms with van der Waals surface area (Å²) in [4.78, 5) is 16.5. The van der Waals surface area contributed by atoms with Crippen LogP contribution in [0.3, 0.4) is 0 Å². The van der Waals surface area contributed by atoms with E-state index in [0.717, 1.165) is 26.0 Å². The predicted molar refractivity (Wildman–Crippen MR) is 96.6 cm³/mol. The molecule has 0 aliphatic carbocycles. The summed E-state index contributed by atoms with van der Waals surface area (Å²) in [5.74, 6) is 1.50. The number of fused-ring (bicyclic) bond motifs is 1. The molecule has 0 fully saturated rings. The lowest BCUT2D eigenvalue weighted by Gasteiger charge is -2.07. The summed E-state index contributed by atoms with van der Waals surface area (Å²) in [6, 6.07) is 15.0. The SMILES string of the molecule is CCSc1nc2ccc(NC(=O)COc3ccccc3)cc2s1. The standard InChI is InChI=1S/C17H16N2O2S2/c1-2-22-17-19-14-9-8-12(10-15(14)23-17)18-16(20)11-21-13-6-4-3-5-7-13/h3-10H,2,11H2,1H3,(H,18,20). The lowest BCUT2D eigenvalue weighted by Crippen LogP contribution is -2.20. The molecule has 4 nitrogen and oxygen atoms in total. The van der Waals surface area contributed by atoms with Gasteiger partial charge in [-0.25, -0.2) is 4.98 Å². The van der Waals surface area contributed by atoms with Crippen LogP contribution in [0.15, 0.2) is 52.9 Å². The number of carbonyl (C=O) groups is 1. The van der Waals surface area contributed by atoms with Gasteiger partial charge in [-0.15, -0.1) is 11.3 Å². The highest BCUT2D eigenvalue weighted by molar-refractivity contribution is 8.01. The van der Waals surface area contributed by atoms with Crippen molar-refractivity contribution in [3.63, 3.8) is 0 Å². The second kappa shape index (κ2) is 7.48. The van der Waals surface area contributed by atoms with E-state index in [1.807, 2.05) is 48.5 Å². The van der Waals surface area contributed by atoms with Crippen molar-refractivity contribution in [2.75, 3.05) is 17.7 Å². The summed E-state index contributed by atoms with van der Waals surface area (Å²) in [7, 11) is 0. The maximum Gasteiger partial charge on any atom is 0.262 e. The Bertz CT molecular complexity index is 803. The summed E-state index contributed by atoms with van der Waals surface area (Å²) >= 11 is 3.37. The normalized spacial score (nSPS) is 10.7. The van der Waals surface area contributed by atoms with Crippen molar-refractivity contribution < 1.29 is 9.53 Å². The van der Waals surface area contributed by atoms with Gasteiger partial charge in [0.2, 0.25) is 0 Å². The summed E-state index contributed by atoms with van der Waals surface area (Å²) in [6.45, 7) is 2.09. The Morgan fingerprint density at radius 2 is 2.09 bits per heavy atom. The highest BCUT2D eigenvalue weighted by Crippen LogP contribution is 2.31. The van der Waals surface area contributed by atoms with Gasteiger partial charge in [0.05, 0.1) is 10.2 Å². The zero-order valence-electron chi connectivity index (χ0n) is 12.6. The maximum atomic E-state index is 12.0. The number of aromatic nitrogens is 1. The number of anilines is 1. The third kappa shape index (κ3) is 4.24. The van der Waals surface area contributed by atoms with Gasteiger partial charge >= 0.3 is 0 Å². The van der Waals surface area contributed by atoms with Crippen LogP contribution in [0.5, 0.6) is 5.75 Å². The molecule has 1 heterocycles. The Hall–Kier alpha value is -2.05. The smallest absolute Gasteiger partial charge is 0.262 e. The topological polar surface area (TPSA) is 51.2 Å². The zero-order valence-corrected chi connectivity index (χ0v) is 14.2. The molecule has 3 aromatic rings. The molecular formula is C17H16N2O2S2. The van der Waals surface area contributed by atoms with E-state index in [9.17, 15) is 4.79 Å². The number of nitrogens with one attached hydrogen (secondary N) is 1. The maximum absolute atomic E-state index is 12.0. The minimum Gasteiger partial charge on any atom is -0.484 e. The second-order valence-corrected chi connectivity index (χ2v) is 7.29. The quantitative estimate of drug-likeness (QED) is 0.672. The number of carbonyl (C=O) groups excluding carboxylic acids is 1. The fraction of sp³-hybridized carbons (Fsp3) is 0.176. The van der Waals surface area contributed by atoms with Gasteiger partial charge in [-0.05, 0) is 36.1 Å². The lowest BCUT2D eigenvalue weighted by atomic mass is 10.3. The molecule has 118 valence electrons. The minimum atomic E-state index is -0.180. The Morgan fingerprint density at radius 1 is 1.26 bits per heavy atom. The molecule has 23 heavy (non-hydrogen) atoms. The molecular weight excluding hydrogens is 328 g/mol. The van der Waals surface area contributed by atoms with Crippen LogP contribution in [0, 0.1) is 0 Å². The number of thiazole rings is 1. The molecule has 1 N–H and O–H groups in total. The number of rotatable bonds is 6. The van der Waals surface area contributed by atoms with Gasteiger partial charge in [-0.2, -0.15) is 0 Å². The highest BCUT2D eigenvalue weighted by atomic mass is 32.2. The first-order chi connectivity index (χ1) is 11.2. The number of hydrogen-bond donors (Lipinski definition) is 1. The molecule has 0 unspecified atom stereocenters. The first-order valence-corrected chi connectivity index (χ1v) is 9.06. The second-order valence-electron chi connectivity index (χ2n) is 4.75. The summed E-state index contributed by atoms with van der Waals surface area (Å²) in [5.41, 5.74) is 1.72. The molecule has 0 aliphatic rings. The van der Waals surface area contributed by atoms with Gasteiger partial charge in [0, 0.05) is 5.69 Å². The molecule has 0 bridgehead atoms. The fourth-order valence-corrected chi connectivity index (χ4v) is 4.03. The molecule has 0 atom stereocenters. The molecule has 0 radical (unpaired) electrons. The monoisotopic (exact) mass is 344 g/mol. The van der Waals surface area contributed by atoms with E-state index < -0.39 is 0 Å². The van der Waals surface area contributed by atoms with Crippen LogP contribution < -0.4 is 10.1 Å². The van der Waals surface area contributed by atoms with Crippen molar-refractivity contribution in [2.45, 2.75) is 11.3 Å². The summed E-state index contributed by atoms with van der Waals surface area (Å²) in [5, 5.41) is 2.85. The van der Waals surface area contributed by atoms with Crippen LogP contribution >= 0.6 is 23.1 Å². The Balaban J connectivity index is 1.62. The van der Waals surface area contributed by atoms with E-state index in [2.05, 4.69) is 17.2 Å². The molecule has 6 heteroatoms. The van der Waals surface area contributed by atoms with E-state index >= 15 is 0 Å². The number of hydrogen-bond acceptors (Lipinski definition) is 5. The fourth-order valence-electron chi connectivity index (χ4n) is 2.03. The minimum absolute atomic E-state index is 0.0122. The van der Waals surface area contributed by atoms with Crippen LogP contribution in [0.4, 0.5) is 5.69 Å². The van der Waals surface area contributed by atoms with Gasteiger partial charge in [-0.3, -0.25) is 4.79 Å². The van der Waals surface area contributed by atoms with Crippen molar-refractivity contribution in [1.29, 1.82) is 0 Å². The van der Waals surface area contributed by atoms with Crippen LogP contribution in [-0.2, 0) is 4.79 Å². The van der Waals surface area contributed by atoms with Crippen molar-refractivity contribution in [3.05, 3.63) is 48.5 Å². The van der Waals surface area contributed by atoms with E-state index in [1.165, 1.54) is 0 Å². The first-order valence-electron chi connectivity index (χ1n) is 7.25. The van der Waals surface area contributed by atoms with Crippen LogP contribution in [0.2, 0.25) is 0 Å².